The second-order valence-corrected chi connectivity index (χ2v) is 2.51. The Morgan fingerprint density at radius 2 is 2.09 bits per heavy atom. The van der Waals surface area contributed by atoms with Gasteiger partial charge in [-0.2, -0.15) is 0 Å². The van der Waals surface area contributed by atoms with Crippen LogP contribution in [0.4, 0.5) is 0 Å². The molecule has 0 radical (unpaired) electrons. The van der Waals surface area contributed by atoms with Gasteiger partial charge in [-0.05, 0) is 13.0 Å². The molecule has 5 N–H and O–H groups in total. The first-order valence-electron chi connectivity index (χ1n) is 4.13. The molecule has 2 atom stereocenters. The molecule has 0 aliphatic carbocycles. The van der Waals surface area contributed by atoms with Gasteiger partial charge in [0.15, 0.2) is 0 Å². The first kappa shape index (κ1) is 10.8. The van der Waals surface area contributed by atoms with Crippen LogP contribution in [0.25, 0.3) is 0 Å². The predicted molar refractivity (Wildman–Crippen MR) is 45.7 cm³/mol. The van der Waals surface area contributed by atoms with Gasteiger partial charge in [0.05, 0.1) is 0 Å². The molecule has 0 aliphatic rings. The topological polar surface area (TPSA) is 70.3 Å². The third kappa shape index (κ3) is 6.25. The lowest BCUT2D eigenvalue weighted by atomic mass is 10.3. The molecular formula is C7H19N3O. The molecule has 0 aliphatic heterocycles. The minimum atomic E-state index is -0.492. The largest absolute Gasteiger partial charge is 0.379 e. The van der Waals surface area contributed by atoms with Gasteiger partial charge in [-0.1, -0.05) is 20.3 Å². The minimum absolute atomic E-state index is 0.304. The second-order valence-electron chi connectivity index (χ2n) is 2.51. The number of hydrogen-bond donors (Lipinski definition) is 4. The molecule has 0 aromatic heterocycles. The van der Waals surface area contributed by atoms with Crippen LogP contribution in [0.1, 0.15) is 26.7 Å². The maximum absolute atomic E-state index is 9.22. The summed E-state index contributed by atoms with van der Waals surface area (Å²) in [5.41, 5.74) is 5.53. The van der Waals surface area contributed by atoms with Crippen LogP contribution < -0.4 is 16.4 Å². The average Bonchev–Trinajstić information content (AvgIpc) is 1.87. The number of aliphatic hydroxyl groups excluding tert-OH is 1. The first-order valence-corrected chi connectivity index (χ1v) is 4.13. The number of rotatable bonds is 6. The Morgan fingerprint density at radius 1 is 1.45 bits per heavy atom. The second kappa shape index (κ2) is 6.54. The lowest BCUT2D eigenvalue weighted by molar-refractivity contribution is 0.107. The summed E-state index contributed by atoms with van der Waals surface area (Å²) in [4.78, 5) is 0. The van der Waals surface area contributed by atoms with Crippen molar-refractivity contribution in [3.05, 3.63) is 0 Å². The lowest BCUT2D eigenvalue weighted by Crippen LogP contribution is -2.53. The number of aliphatic hydroxyl groups is 1. The summed E-state index contributed by atoms with van der Waals surface area (Å²) in [6, 6.07) is 0. The van der Waals surface area contributed by atoms with Crippen molar-refractivity contribution in [2.75, 3.05) is 6.54 Å². The lowest BCUT2D eigenvalue weighted by Gasteiger charge is -2.18. The summed E-state index contributed by atoms with van der Waals surface area (Å²) in [6.07, 6.45) is 0.891. The molecule has 4 heteroatoms. The summed E-state index contributed by atoms with van der Waals surface area (Å²) < 4.78 is 0. The summed E-state index contributed by atoms with van der Waals surface area (Å²) >= 11 is 0. The zero-order valence-corrected chi connectivity index (χ0v) is 7.30. The third-order valence-corrected chi connectivity index (χ3v) is 1.36. The highest BCUT2D eigenvalue weighted by Gasteiger charge is 2.05. The van der Waals surface area contributed by atoms with Gasteiger partial charge in [-0.3, -0.25) is 10.6 Å². The Labute approximate surface area is 68.2 Å². The maximum Gasteiger partial charge on any atom is 0.111 e. The van der Waals surface area contributed by atoms with Crippen molar-refractivity contribution in [3.63, 3.8) is 0 Å². The van der Waals surface area contributed by atoms with Crippen LogP contribution in [-0.2, 0) is 0 Å². The van der Waals surface area contributed by atoms with Crippen LogP contribution in [0.5, 0.6) is 0 Å². The van der Waals surface area contributed by atoms with Crippen LogP contribution in [0, 0.1) is 0 Å². The number of nitrogens with two attached hydrogens (primary N) is 1. The molecule has 11 heavy (non-hydrogen) atoms. The predicted octanol–water partition coefficient (Wildman–Crippen LogP) is -0.454. The molecule has 0 bridgehead atoms. The highest BCUT2D eigenvalue weighted by atomic mass is 16.3. The van der Waals surface area contributed by atoms with E-state index >= 15 is 0 Å². The molecule has 0 saturated heterocycles. The van der Waals surface area contributed by atoms with E-state index in [9.17, 15) is 5.11 Å². The van der Waals surface area contributed by atoms with E-state index < -0.39 is 6.23 Å². The highest BCUT2D eigenvalue weighted by molar-refractivity contribution is 4.58. The van der Waals surface area contributed by atoms with E-state index in [2.05, 4.69) is 10.6 Å². The van der Waals surface area contributed by atoms with E-state index in [1.54, 1.807) is 0 Å². The summed E-state index contributed by atoms with van der Waals surface area (Å²) in [5.74, 6) is 0. The molecule has 0 spiro atoms. The van der Waals surface area contributed by atoms with Gasteiger partial charge in [-0.25, -0.2) is 0 Å². The van der Waals surface area contributed by atoms with Gasteiger partial charge in [-0.15, -0.1) is 0 Å². The number of nitrogens with one attached hydrogen (secondary N) is 2. The van der Waals surface area contributed by atoms with E-state index in [1.165, 1.54) is 0 Å². The molecular weight excluding hydrogens is 142 g/mol. The van der Waals surface area contributed by atoms with Gasteiger partial charge < -0.3 is 10.8 Å². The third-order valence-electron chi connectivity index (χ3n) is 1.36. The SMILES string of the molecule is CCCC(O)NC(N)NCC. The maximum atomic E-state index is 9.22. The van der Waals surface area contributed by atoms with Crippen molar-refractivity contribution in [2.45, 2.75) is 39.2 Å². The van der Waals surface area contributed by atoms with Crippen molar-refractivity contribution in [3.8, 4) is 0 Å². The van der Waals surface area contributed by atoms with E-state index in [4.69, 9.17) is 5.73 Å². The summed E-state index contributed by atoms with van der Waals surface area (Å²) in [5, 5.41) is 15.0. The van der Waals surface area contributed by atoms with Crippen LogP contribution in [0.3, 0.4) is 0 Å². The van der Waals surface area contributed by atoms with Crippen LogP contribution >= 0.6 is 0 Å². The molecule has 0 aromatic rings. The van der Waals surface area contributed by atoms with Crippen LogP contribution in [0.2, 0.25) is 0 Å². The zero-order chi connectivity index (χ0) is 8.69. The van der Waals surface area contributed by atoms with Crippen molar-refractivity contribution in [1.29, 1.82) is 0 Å². The van der Waals surface area contributed by atoms with Gasteiger partial charge in [0.25, 0.3) is 0 Å². The molecule has 2 unspecified atom stereocenters. The fourth-order valence-corrected chi connectivity index (χ4v) is 0.843. The Kier molecular flexibility index (Phi) is 6.45. The minimum Gasteiger partial charge on any atom is -0.379 e. The Hall–Kier alpha value is -0.160. The van der Waals surface area contributed by atoms with Gasteiger partial charge in [0.2, 0.25) is 0 Å². The smallest absolute Gasteiger partial charge is 0.111 e. The number of hydrogen-bond acceptors (Lipinski definition) is 4. The molecule has 0 amide bonds. The van der Waals surface area contributed by atoms with Crippen LogP contribution in [-0.4, -0.2) is 24.2 Å². The standard InChI is InChI=1S/C7H19N3O/c1-3-5-6(11)10-7(8)9-4-2/h6-7,9-11H,3-5,8H2,1-2H3. The van der Waals surface area contributed by atoms with E-state index in [0.29, 0.717) is 0 Å². The molecule has 0 heterocycles. The first-order chi connectivity index (χ1) is 5.20. The van der Waals surface area contributed by atoms with Gasteiger partial charge >= 0.3 is 0 Å². The Morgan fingerprint density at radius 3 is 2.55 bits per heavy atom. The van der Waals surface area contributed by atoms with E-state index in [0.717, 1.165) is 19.4 Å². The Balaban J connectivity index is 3.32. The van der Waals surface area contributed by atoms with Crippen LogP contribution in [0.15, 0.2) is 0 Å². The zero-order valence-electron chi connectivity index (χ0n) is 7.30. The molecule has 68 valence electrons. The monoisotopic (exact) mass is 161 g/mol. The van der Waals surface area contributed by atoms with E-state index in [1.807, 2.05) is 13.8 Å². The Bertz CT molecular complexity index is 79.8. The molecule has 4 nitrogen and oxygen atoms in total. The van der Waals surface area contributed by atoms with Crippen molar-refractivity contribution >= 4 is 0 Å². The van der Waals surface area contributed by atoms with Crippen molar-refractivity contribution in [2.24, 2.45) is 5.73 Å². The quantitative estimate of drug-likeness (QED) is 0.398. The molecule has 0 fully saturated rings. The highest BCUT2D eigenvalue weighted by Crippen LogP contribution is 1.90. The van der Waals surface area contributed by atoms with Crippen molar-refractivity contribution in [1.82, 2.24) is 10.6 Å². The fourth-order valence-electron chi connectivity index (χ4n) is 0.843. The molecule has 0 aromatic carbocycles. The molecule has 0 saturated carbocycles. The fraction of sp³-hybridized carbons (Fsp3) is 1.00. The van der Waals surface area contributed by atoms with Gasteiger partial charge in [0.1, 0.15) is 12.5 Å². The normalized spacial score (nSPS) is 16.4. The van der Waals surface area contributed by atoms with Gasteiger partial charge in [0, 0.05) is 0 Å². The van der Waals surface area contributed by atoms with E-state index in [-0.39, 0.29) is 6.29 Å². The summed E-state index contributed by atoms with van der Waals surface area (Å²) in [6.45, 7) is 4.78. The summed E-state index contributed by atoms with van der Waals surface area (Å²) in [7, 11) is 0. The molecule has 0 rings (SSSR count). The van der Waals surface area contributed by atoms with Crippen molar-refractivity contribution < 1.29 is 5.11 Å². The average molecular weight is 161 g/mol.